The van der Waals surface area contributed by atoms with Crippen LogP contribution in [0.5, 0.6) is 0 Å². The highest BCUT2D eigenvalue weighted by Gasteiger charge is 1.94. The Hall–Kier alpha value is 0.01000. The van der Waals surface area contributed by atoms with E-state index in [9.17, 15) is 0 Å². The van der Waals surface area contributed by atoms with Crippen LogP contribution >= 0.6 is 11.6 Å². The van der Waals surface area contributed by atoms with Gasteiger partial charge in [0.15, 0.2) is 0 Å². The van der Waals surface area contributed by atoms with Crippen LogP contribution in [0, 0.1) is 0 Å². The van der Waals surface area contributed by atoms with Crippen molar-refractivity contribution in [1.29, 1.82) is 0 Å². The summed E-state index contributed by atoms with van der Waals surface area (Å²) in [6.45, 7) is 7.92. The molecule has 0 aliphatic heterocycles. The largest absolute Gasteiger partial charge is 0.378 e. The quantitative estimate of drug-likeness (QED) is 0.232. The molecule has 24 heavy (non-hydrogen) atoms. The van der Waals surface area contributed by atoms with E-state index in [4.69, 9.17) is 40.0 Å². The lowest BCUT2D eigenvalue weighted by Gasteiger charge is -2.10. The molecular weight excluding hydrogens is 338 g/mol. The van der Waals surface area contributed by atoms with Crippen molar-refractivity contribution in [1.82, 2.24) is 4.90 Å². The number of hydrogen-bond acceptors (Lipinski definition) is 7. The normalized spacial score (nSPS) is 11.5. The second-order valence-corrected chi connectivity index (χ2v) is 5.54. The molecule has 146 valence electrons. The molecule has 0 aromatic carbocycles. The van der Waals surface area contributed by atoms with Crippen LogP contribution in [-0.2, 0) is 28.4 Å². The van der Waals surface area contributed by atoms with E-state index in [1.165, 1.54) is 0 Å². The fourth-order valence-electron chi connectivity index (χ4n) is 1.50. The summed E-state index contributed by atoms with van der Waals surface area (Å²) in [6.07, 6.45) is 0. The van der Waals surface area contributed by atoms with Gasteiger partial charge in [-0.2, -0.15) is 0 Å². The molecular formula is C16H34ClNO6. The number of nitrogens with zero attached hydrogens (tertiary/aromatic N) is 1. The minimum Gasteiger partial charge on any atom is -0.378 e. The third-order valence-electron chi connectivity index (χ3n) is 2.76. The maximum atomic E-state index is 5.48. The van der Waals surface area contributed by atoms with Gasteiger partial charge in [0, 0.05) is 12.4 Å². The zero-order valence-corrected chi connectivity index (χ0v) is 15.9. The van der Waals surface area contributed by atoms with Gasteiger partial charge in [0.05, 0.1) is 79.3 Å². The fraction of sp³-hybridized carbons (Fsp3) is 1.00. The van der Waals surface area contributed by atoms with Crippen LogP contribution in [0.1, 0.15) is 0 Å². The predicted octanol–water partition coefficient (Wildman–Crippen LogP) is 0.886. The molecule has 0 amide bonds. The van der Waals surface area contributed by atoms with Gasteiger partial charge in [-0.1, -0.05) is 0 Å². The highest BCUT2D eigenvalue weighted by molar-refractivity contribution is 6.17. The summed E-state index contributed by atoms with van der Waals surface area (Å²) in [7, 11) is 4.04. The average Bonchev–Trinajstić information content (AvgIpc) is 2.56. The second kappa shape index (κ2) is 21.1. The molecule has 0 aromatic rings. The lowest BCUT2D eigenvalue weighted by Crippen LogP contribution is -2.19. The molecule has 0 N–H and O–H groups in total. The van der Waals surface area contributed by atoms with Crippen molar-refractivity contribution in [3.8, 4) is 0 Å². The van der Waals surface area contributed by atoms with Crippen LogP contribution in [0.15, 0.2) is 0 Å². The van der Waals surface area contributed by atoms with Crippen LogP contribution in [0.3, 0.4) is 0 Å². The van der Waals surface area contributed by atoms with E-state index < -0.39 is 0 Å². The third-order valence-corrected chi connectivity index (χ3v) is 2.92. The van der Waals surface area contributed by atoms with Gasteiger partial charge in [0.1, 0.15) is 0 Å². The summed E-state index contributed by atoms with van der Waals surface area (Å²) in [5, 5.41) is 0. The Morgan fingerprint density at radius 1 is 0.500 bits per heavy atom. The van der Waals surface area contributed by atoms with Gasteiger partial charge >= 0.3 is 0 Å². The van der Waals surface area contributed by atoms with Crippen molar-refractivity contribution in [2.45, 2.75) is 0 Å². The van der Waals surface area contributed by atoms with Gasteiger partial charge in [-0.15, -0.1) is 11.6 Å². The van der Waals surface area contributed by atoms with E-state index in [2.05, 4.69) is 4.90 Å². The molecule has 0 atom stereocenters. The lowest BCUT2D eigenvalue weighted by molar-refractivity contribution is -0.0165. The Morgan fingerprint density at radius 3 is 1.08 bits per heavy atom. The SMILES string of the molecule is CN(C)CCOCCOCCOCCOCCOCCOCCCl. The minimum absolute atomic E-state index is 0.513. The smallest absolute Gasteiger partial charge is 0.0701 e. The molecule has 0 unspecified atom stereocenters. The fourth-order valence-corrected chi connectivity index (χ4v) is 1.61. The van der Waals surface area contributed by atoms with Gasteiger partial charge < -0.3 is 33.3 Å². The van der Waals surface area contributed by atoms with Gasteiger partial charge in [0.2, 0.25) is 0 Å². The molecule has 0 aromatic heterocycles. The van der Waals surface area contributed by atoms with Crippen molar-refractivity contribution in [3.63, 3.8) is 0 Å². The van der Waals surface area contributed by atoms with E-state index in [0.29, 0.717) is 78.6 Å². The van der Waals surface area contributed by atoms with E-state index >= 15 is 0 Å². The summed E-state index contributed by atoms with van der Waals surface area (Å²) in [5.41, 5.74) is 0. The number of alkyl halides is 1. The van der Waals surface area contributed by atoms with E-state index in [1.54, 1.807) is 0 Å². The molecule has 0 radical (unpaired) electrons. The molecule has 0 spiro atoms. The molecule has 0 bridgehead atoms. The Labute approximate surface area is 151 Å². The maximum absolute atomic E-state index is 5.48. The molecule has 0 fully saturated rings. The highest BCUT2D eigenvalue weighted by atomic mass is 35.5. The second-order valence-electron chi connectivity index (χ2n) is 5.17. The Bertz CT molecular complexity index is 237. The van der Waals surface area contributed by atoms with Crippen molar-refractivity contribution >= 4 is 11.6 Å². The first-order valence-corrected chi connectivity index (χ1v) is 8.98. The van der Waals surface area contributed by atoms with Crippen molar-refractivity contribution in [3.05, 3.63) is 0 Å². The summed E-state index contributed by atoms with van der Waals surface area (Å²) < 4.78 is 32.1. The molecule has 8 heteroatoms. The number of hydrogen-bond donors (Lipinski definition) is 0. The Morgan fingerprint density at radius 2 is 0.792 bits per heavy atom. The van der Waals surface area contributed by atoms with Gasteiger partial charge in [-0.05, 0) is 14.1 Å². The number of ether oxygens (including phenoxy) is 6. The highest BCUT2D eigenvalue weighted by Crippen LogP contribution is 1.85. The van der Waals surface area contributed by atoms with Crippen molar-refractivity contribution < 1.29 is 28.4 Å². The minimum atomic E-state index is 0.513. The van der Waals surface area contributed by atoms with Crippen molar-refractivity contribution in [2.24, 2.45) is 0 Å². The van der Waals surface area contributed by atoms with Gasteiger partial charge in [0.25, 0.3) is 0 Å². The molecule has 0 heterocycles. The van der Waals surface area contributed by atoms with E-state index in [0.717, 1.165) is 13.2 Å². The first kappa shape index (κ1) is 24.0. The number of rotatable bonds is 20. The summed E-state index contributed by atoms with van der Waals surface area (Å²) in [4.78, 5) is 2.08. The number of likely N-dealkylation sites (N-methyl/N-ethyl adjacent to an activating group) is 1. The standard InChI is InChI=1S/C16H34ClNO6/c1-18(2)4-6-20-8-10-22-12-14-24-16-15-23-13-11-21-9-7-19-5-3-17/h3-16H2,1-2H3. The van der Waals surface area contributed by atoms with Crippen LogP contribution in [0.2, 0.25) is 0 Å². The average molecular weight is 372 g/mol. The maximum Gasteiger partial charge on any atom is 0.0701 e. The zero-order valence-electron chi connectivity index (χ0n) is 15.2. The van der Waals surface area contributed by atoms with Crippen LogP contribution in [0.4, 0.5) is 0 Å². The van der Waals surface area contributed by atoms with E-state index in [-0.39, 0.29) is 0 Å². The molecule has 0 saturated heterocycles. The summed E-state index contributed by atoms with van der Waals surface area (Å²) >= 11 is 5.48. The summed E-state index contributed by atoms with van der Waals surface area (Å²) in [5.74, 6) is 0.513. The number of halogens is 1. The third kappa shape index (κ3) is 22.0. The zero-order chi connectivity index (χ0) is 17.7. The molecule has 0 aliphatic rings. The Kier molecular flexibility index (Phi) is 21.1. The Balaban J connectivity index is 2.95. The van der Waals surface area contributed by atoms with Crippen molar-refractivity contribution in [2.75, 3.05) is 106 Å². The van der Waals surface area contributed by atoms with E-state index in [1.807, 2.05) is 14.1 Å². The topological polar surface area (TPSA) is 58.6 Å². The van der Waals surface area contributed by atoms with Crippen LogP contribution < -0.4 is 0 Å². The lowest BCUT2D eigenvalue weighted by atomic mass is 10.6. The monoisotopic (exact) mass is 371 g/mol. The molecule has 0 rings (SSSR count). The predicted molar refractivity (Wildman–Crippen MR) is 94.2 cm³/mol. The molecule has 7 nitrogen and oxygen atoms in total. The van der Waals surface area contributed by atoms with Crippen LogP contribution in [0.25, 0.3) is 0 Å². The first-order chi connectivity index (χ1) is 11.8. The van der Waals surface area contributed by atoms with Gasteiger partial charge in [-0.25, -0.2) is 0 Å². The summed E-state index contributed by atoms with van der Waals surface area (Å²) in [6, 6.07) is 0. The molecule has 0 aliphatic carbocycles. The first-order valence-electron chi connectivity index (χ1n) is 8.44. The van der Waals surface area contributed by atoms with Gasteiger partial charge in [-0.3, -0.25) is 0 Å². The molecule has 0 saturated carbocycles. The van der Waals surface area contributed by atoms with Crippen LogP contribution in [-0.4, -0.2) is 111 Å².